The second-order valence-corrected chi connectivity index (χ2v) is 5.89. The minimum Gasteiger partial charge on any atom is -0.369 e. The zero-order valence-electron chi connectivity index (χ0n) is 12.7. The first kappa shape index (κ1) is 15.0. The number of carbonyl (C=O) groups excluding carboxylic acids is 1. The highest BCUT2D eigenvalue weighted by molar-refractivity contribution is 5.99. The summed E-state index contributed by atoms with van der Waals surface area (Å²) < 4.78 is 14.2. The topological polar surface area (TPSA) is 20.3 Å². The molecule has 3 heteroatoms. The van der Waals surface area contributed by atoms with Gasteiger partial charge in [0.05, 0.1) is 5.69 Å². The van der Waals surface area contributed by atoms with E-state index in [1.165, 1.54) is 32.3 Å². The fraction of sp³-hybridized carbons (Fsp3) is 0.588. The molecule has 0 amide bonds. The van der Waals surface area contributed by atoms with Crippen molar-refractivity contribution < 1.29 is 9.18 Å². The van der Waals surface area contributed by atoms with Gasteiger partial charge in [-0.05, 0) is 50.7 Å². The lowest BCUT2D eigenvalue weighted by molar-refractivity contribution is 0.101. The number of hydrogen-bond donors (Lipinski definition) is 0. The number of anilines is 1. The maximum atomic E-state index is 14.2. The number of nitrogens with zero attached hydrogens (tertiary/aromatic N) is 1. The number of rotatable bonds is 4. The van der Waals surface area contributed by atoms with Crippen LogP contribution in [0.15, 0.2) is 18.2 Å². The lowest BCUT2D eigenvalue weighted by Gasteiger charge is -2.36. The second-order valence-electron chi connectivity index (χ2n) is 5.89. The molecule has 0 aliphatic heterocycles. The molecule has 2 nitrogen and oxygen atoms in total. The van der Waals surface area contributed by atoms with Crippen molar-refractivity contribution in [2.45, 2.75) is 52.0 Å². The zero-order valence-corrected chi connectivity index (χ0v) is 12.7. The fourth-order valence-electron chi connectivity index (χ4n) is 3.28. The van der Waals surface area contributed by atoms with Gasteiger partial charge in [0.15, 0.2) is 5.78 Å². The lowest BCUT2D eigenvalue weighted by atomic mass is 9.84. The van der Waals surface area contributed by atoms with Gasteiger partial charge in [-0.15, -0.1) is 0 Å². The summed E-state index contributed by atoms with van der Waals surface area (Å²) in [7, 11) is 1.92. The molecule has 0 N–H and O–H groups in total. The molecule has 1 aliphatic carbocycles. The largest absolute Gasteiger partial charge is 0.369 e. The van der Waals surface area contributed by atoms with Gasteiger partial charge >= 0.3 is 0 Å². The van der Waals surface area contributed by atoms with Crippen molar-refractivity contribution in [1.82, 2.24) is 0 Å². The van der Waals surface area contributed by atoms with Crippen molar-refractivity contribution in [2.24, 2.45) is 5.92 Å². The van der Waals surface area contributed by atoms with E-state index in [9.17, 15) is 9.18 Å². The predicted molar refractivity (Wildman–Crippen MR) is 80.8 cm³/mol. The summed E-state index contributed by atoms with van der Waals surface area (Å²) in [6.45, 7) is 3.74. The number of carbonyl (C=O) groups is 1. The first-order chi connectivity index (χ1) is 9.54. The Bertz CT molecular complexity index is 478. The second kappa shape index (κ2) is 6.38. The summed E-state index contributed by atoms with van der Waals surface area (Å²) in [6, 6.07) is 5.11. The van der Waals surface area contributed by atoms with Crippen LogP contribution >= 0.6 is 0 Å². The summed E-state index contributed by atoms with van der Waals surface area (Å²) in [6.07, 6.45) is 5.81. The van der Waals surface area contributed by atoms with E-state index in [2.05, 4.69) is 6.92 Å². The van der Waals surface area contributed by atoms with Crippen molar-refractivity contribution in [3.05, 3.63) is 29.6 Å². The van der Waals surface area contributed by atoms with Crippen LogP contribution in [-0.2, 0) is 0 Å². The van der Waals surface area contributed by atoms with Crippen molar-refractivity contribution in [2.75, 3.05) is 11.9 Å². The Kier molecular flexibility index (Phi) is 4.79. The molecule has 0 radical (unpaired) electrons. The van der Waals surface area contributed by atoms with Gasteiger partial charge < -0.3 is 4.90 Å². The third-order valence-corrected chi connectivity index (χ3v) is 4.66. The Hall–Kier alpha value is -1.38. The van der Waals surface area contributed by atoms with Crippen LogP contribution in [0.4, 0.5) is 10.1 Å². The molecular weight excluding hydrogens is 253 g/mol. The van der Waals surface area contributed by atoms with Crippen molar-refractivity contribution >= 4 is 11.5 Å². The van der Waals surface area contributed by atoms with Crippen LogP contribution in [0.25, 0.3) is 0 Å². The monoisotopic (exact) mass is 277 g/mol. The highest BCUT2D eigenvalue weighted by Gasteiger charge is 2.26. The quantitative estimate of drug-likeness (QED) is 0.759. The Balaban J connectivity index is 2.21. The number of ketones is 1. The molecule has 1 aliphatic rings. The number of benzene rings is 1. The number of halogens is 1. The molecule has 1 fully saturated rings. The molecular formula is C17H24FNO. The van der Waals surface area contributed by atoms with Gasteiger partial charge in [-0.1, -0.05) is 19.4 Å². The standard InChI is InChI=1S/C17H24FNO/c1-4-13-8-10-14(11-9-13)19(3)17-15(12(2)20)6-5-7-16(17)18/h5-7,13-14H,4,8-11H2,1-3H3. The average Bonchev–Trinajstić information content (AvgIpc) is 2.46. The molecule has 0 unspecified atom stereocenters. The Morgan fingerprint density at radius 3 is 2.50 bits per heavy atom. The molecule has 1 aromatic carbocycles. The van der Waals surface area contributed by atoms with Gasteiger partial charge in [-0.2, -0.15) is 0 Å². The lowest BCUT2D eigenvalue weighted by Crippen LogP contribution is -2.36. The molecule has 1 saturated carbocycles. The SMILES string of the molecule is CCC1CCC(N(C)c2c(F)cccc2C(C)=O)CC1. The number of para-hydroxylation sites is 1. The molecule has 0 bridgehead atoms. The van der Waals surface area contributed by atoms with Crippen LogP contribution in [0.3, 0.4) is 0 Å². The van der Waals surface area contributed by atoms with E-state index in [-0.39, 0.29) is 11.6 Å². The van der Waals surface area contributed by atoms with Crippen LogP contribution in [0, 0.1) is 11.7 Å². The minimum atomic E-state index is -0.294. The Morgan fingerprint density at radius 2 is 1.95 bits per heavy atom. The summed E-state index contributed by atoms with van der Waals surface area (Å²) in [5, 5.41) is 0. The minimum absolute atomic E-state index is 0.0754. The van der Waals surface area contributed by atoms with Gasteiger partial charge in [-0.3, -0.25) is 4.79 Å². The molecule has 110 valence electrons. The maximum absolute atomic E-state index is 14.2. The molecule has 0 heterocycles. The molecule has 20 heavy (non-hydrogen) atoms. The number of Topliss-reactive ketones (excluding diaryl/α,β-unsaturated/α-hetero) is 1. The number of hydrogen-bond acceptors (Lipinski definition) is 2. The molecule has 0 spiro atoms. The summed E-state index contributed by atoms with van der Waals surface area (Å²) >= 11 is 0. The zero-order chi connectivity index (χ0) is 14.7. The highest BCUT2D eigenvalue weighted by atomic mass is 19.1. The van der Waals surface area contributed by atoms with Crippen molar-refractivity contribution in [1.29, 1.82) is 0 Å². The van der Waals surface area contributed by atoms with Crippen LogP contribution in [0.1, 0.15) is 56.3 Å². The molecule has 0 aromatic heterocycles. The average molecular weight is 277 g/mol. The van der Waals surface area contributed by atoms with Crippen molar-refractivity contribution in [3.8, 4) is 0 Å². The van der Waals surface area contributed by atoms with Crippen LogP contribution in [0.2, 0.25) is 0 Å². The van der Waals surface area contributed by atoms with E-state index in [0.29, 0.717) is 17.3 Å². The summed E-state index contributed by atoms with van der Waals surface area (Å²) in [5.41, 5.74) is 0.963. The van der Waals surface area contributed by atoms with E-state index >= 15 is 0 Å². The van der Waals surface area contributed by atoms with E-state index in [0.717, 1.165) is 18.8 Å². The normalized spacial score (nSPS) is 22.6. The van der Waals surface area contributed by atoms with E-state index in [1.807, 2.05) is 11.9 Å². The Labute approximate surface area is 121 Å². The van der Waals surface area contributed by atoms with Crippen LogP contribution in [0.5, 0.6) is 0 Å². The van der Waals surface area contributed by atoms with Gasteiger partial charge in [0, 0.05) is 18.7 Å². The molecule has 2 rings (SSSR count). The third-order valence-electron chi connectivity index (χ3n) is 4.66. The first-order valence-electron chi connectivity index (χ1n) is 7.56. The van der Waals surface area contributed by atoms with Gasteiger partial charge in [0.25, 0.3) is 0 Å². The molecule has 0 saturated heterocycles. The van der Waals surface area contributed by atoms with Crippen LogP contribution in [-0.4, -0.2) is 18.9 Å². The van der Waals surface area contributed by atoms with E-state index < -0.39 is 0 Å². The summed E-state index contributed by atoms with van der Waals surface area (Å²) in [4.78, 5) is 13.7. The fourth-order valence-corrected chi connectivity index (χ4v) is 3.28. The maximum Gasteiger partial charge on any atom is 0.161 e. The first-order valence-corrected chi connectivity index (χ1v) is 7.56. The summed E-state index contributed by atoms with van der Waals surface area (Å²) in [5.74, 6) is 0.443. The van der Waals surface area contributed by atoms with Crippen LogP contribution < -0.4 is 4.90 Å². The van der Waals surface area contributed by atoms with Gasteiger partial charge in [0.1, 0.15) is 5.82 Å². The van der Waals surface area contributed by atoms with Crippen molar-refractivity contribution in [3.63, 3.8) is 0 Å². The van der Waals surface area contributed by atoms with Gasteiger partial charge in [0.2, 0.25) is 0 Å². The molecule has 1 aromatic rings. The smallest absolute Gasteiger partial charge is 0.161 e. The third kappa shape index (κ3) is 3.02. The molecule has 0 atom stereocenters. The van der Waals surface area contributed by atoms with E-state index in [1.54, 1.807) is 12.1 Å². The highest BCUT2D eigenvalue weighted by Crippen LogP contribution is 2.33. The Morgan fingerprint density at radius 1 is 1.30 bits per heavy atom. The van der Waals surface area contributed by atoms with E-state index in [4.69, 9.17) is 0 Å². The van der Waals surface area contributed by atoms with Gasteiger partial charge in [-0.25, -0.2) is 4.39 Å². The predicted octanol–water partition coefficient (Wildman–Crippen LogP) is 4.43.